The van der Waals surface area contributed by atoms with E-state index in [2.05, 4.69) is 6.92 Å². The zero-order chi connectivity index (χ0) is 21.6. The van der Waals surface area contributed by atoms with Crippen molar-refractivity contribution in [3.63, 3.8) is 0 Å². The van der Waals surface area contributed by atoms with Crippen LogP contribution in [0.1, 0.15) is 54.9 Å². The summed E-state index contributed by atoms with van der Waals surface area (Å²) in [6.45, 7) is 3.08. The molecule has 0 saturated heterocycles. The second kappa shape index (κ2) is 9.60. The largest absolute Gasteiger partial charge is 0.457 e. The van der Waals surface area contributed by atoms with Crippen molar-refractivity contribution in [3.8, 4) is 0 Å². The van der Waals surface area contributed by atoms with Gasteiger partial charge in [0.15, 0.2) is 5.65 Å². The van der Waals surface area contributed by atoms with E-state index in [-0.39, 0.29) is 6.61 Å². The Balaban J connectivity index is 1.68. The topological polar surface area (TPSA) is 83.0 Å². The van der Waals surface area contributed by atoms with Gasteiger partial charge in [0.05, 0.1) is 11.0 Å². The van der Waals surface area contributed by atoms with E-state index in [1.807, 2.05) is 59.2 Å². The summed E-state index contributed by atoms with van der Waals surface area (Å²) < 4.78 is 7.50. The van der Waals surface area contributed by atoms with Crippen LogP contribution in [0, 0.1) is 0 Å². The maximum atomic E-state index is 13.0. The molecule has 6 nitrogen and oxygen atoms in total. The van der Waals surface area contributed by atoms with Crippen LogP contribution in [-0.2, 0) is 17.9 Å². The van der Waals surface area contributed by atoms with Gasteiger partial charge < -0.3 is 15.0 Å². The molecule has 31 heavy (non-hydrogen) atoms. The number of esters is 1. The standard InChI is InChI=1S/C25H28N4O2/c1-2-3-4-5-11-16-29-23(26)21(25(30)31-17-18-12-7-6-8-13-18)22-24(29)28-20-15-10-9-14-19(20)27-22/h6-10,12-15H,2-5,11,16-17,26H2,1H3. The molecule has 0 amide bonds. The van der Waals surface area contributed by atoms with E-state index in [9.17, 15) is 4.79 Å². The number of nitrogen functional groups attached to an aromatic ring is 1. The molecule has 0 atom stereocenters. The Morgan fingerprint density at radius 1 is 0.935 bits per heavy atom. The Hall–Kier alpha value is -3.41. The fraction of sp³-hybridized carbons (Fsp3) is 0.320. The quantitative estimate of drug-likeness (QED) is 0.288. The molecule has 0 fully saturated rings. The molecular formula is C25H28N4O2. The number of nitrogens with two attached hydrogens (primary N) is 1. The molecule has 160 valence electrons. The molecule has 0 saturated carbocycles. The molecule has 4 rings (SSSR count). The monoisotopic (exact) mass is 416 g/mol. The SMILES string of the molecule is CCCCCCCn1c(N)c(C(=O)OCc2ccccc2)c2nc3ccccc3nc21. The second-order valence-electron chi connectivity index (χ2n) is 7.77. The zero-order valence-electron chi connectivity index (χ0n) is 17.9. The summed E-state index contributed by atoms with van der Waals surface area (Å²) in [7, 11) is 0. The van der Waals surface area contributed by atoms with E-state index in [1.54, 1.807) is 0 Å². The average molecular weight is 417 g/mol. The molecule has 2 aromatic carbocycles. The van der Waals surface area contributed by atoms with Crippen LogP contribution in [0.4, 0.5) is 5.82 Å². The van der Waals surface area contributed by atoms with E-state index in [0.717, 1.165) is 29.4 Å². The Kier molecular flexibility index (Phi) is 6.46. The van der Waals surface area contributed by atoms with Crippen molar-refractivity contribution in [1.82, 2.24) is 14.5 Å². The van der Waals surface area contributed by atoms with E-state index in [1.165, 1.54) is 19.3 Å². The van der Waals surface area contributed by atoms with Gasteiger partial charge in [0, 0.05) is 6.54 Å². The summed E-state index contributed by atoms with van der Waals surface area (Å²) in [4.78, 5) is 22.6. The van der Waals surface area contributed by atoms with Crippen LogP contribution in [0.15, 0.2) is 54.6 Å². The zero-order valence-corrected chi connectivity index (χ0v) is 17.9. The summed E-state index contributed by atoms with van der Waals surface area (Å²) >= 11 is 0. The number of hydrogen-bond acceptors (Lipinski definition) is 5. The normalized spacial score (nSPS) is 11.3. The molecule has 0 aliphatic carbocycles. The van der Waals surface area contributed by atoms with Gasteiger partial charge in [-0.15, -0.1) is 0 Å². The number of aryl methyl sites for hydroxylation is 1. The van der Waals surface area contributed by atoms with Crippen molar-refractivity contribution >= 4 is 34.0 Å². The maximum absolute atomic E-state index is 13.0. The Bertz CT molecular complexity index is 1180. The minimum atomic E-state index is -0.472. The summed E-state index contributed by atoms with van der Waals surface area (Å²) in [6.07, 6.45) is 5.70. The van der Waals surface area contributed by atoms with Gasteiger partial charge in [-0.05, 0) is 24.1 Å². The number of carbonyl (C=O) groups is 1. The predicted octanol–water partition coefficient (Wildman–Crippen LogP) is 5.49. The maximum Gasteiger partial charge on any atom is 0.344 e. The minimum Gasteiger partial charge on any atom is -0.457 e. The minimum absolute atomic E-state index is 0.184. The average Bonchev–Trinajstić information content (AvgIpc) is 3.07. The lowest BCUT2D eigenvalue weighted by atomic mass is 10.1. The highest BCUT2D eigenvalue weighted by molar-refractivity contribution is 6.08. The van der Waals surface area contributed by atoms with Crippen LogP contribution in [0.2, 0.25) is 0 Å². The van der Waals surface area contributed by atoms with Crippen LogP contribution in [0.3, 0.4) is 0 Å². The summed E-state index contributed by atoms with van der Waals surface area (Å²) in [5, 5.41) is 0. The van der Waals surface area contributed by atoms with Crippen molar-refractivity contribution < 1.29 is 9.53 Å². The highest BCUT2D eigenvalue weighted by Gasteiger charge is 2.25. The molecule has 2 aromatic heterocycles. The highest BCUT2D eigenvalue weighted by atomic mass is 16.5. The number of benzene rings is 2. The van der Waals surface area contributed by atoms with E-state index >= 15 is 0 Å². The number of rotatable bonds is 9. The lowest BCUT2D eigenvalue weighted by Gasteiger charge is -2.08. The van der Waals surface area contributed by atoms with Gasteiger partial charge in [0.1, 0.15) is 23.5 Å². The molecule has 0 bridgehead atoms. The number of nitrogens with zero attached hydrogens (tertiary/aromatic N) is 3. The number of anilines is 1. The fourth-order valence-electron chi connectivity index (χ4n) is 3.81. The smallest absolute Gasteiger partial charge is 0.344 e. The first kappa shape index (κ1) is 20.8. The van der Waals surface area contributed by atoms with Crippen molar-refractivity contribution in [3.05, 3.63) is 65.7 Å². The van der Waals surface area contributed by atoms with Gasteiger partial charge in [-0.25, -0.2) is 14.8 Å². The molecule has 0 aliphatic heterocycles. The van der Waals surface area contributed by atoms with Crippen LogP contribution in [-0.4, -0.2) is 20.5 Å². The lowest BCUT2D eigenvalue weighted by Crippen LogP contribution is -2.10. The molecule has 2 N–H and O–H groups in total. The first-order valence-electron chi connectivity index (χ1n) is 10.9. The predicted molar refractivity (Wildman–Crippen MR) is 124 cm³/mol. The first-order valence-corrected chi connectivity index (χ1v) is 10.9. The summed E-state index contributed by atoms with van der Waals surface area (Å²) in [5.74, 6) is -0.0977. The first-order chi connectivity index (χ1) is 15.2. The fourth-order valence-corrected chi connectivity index (χ4v) is 3.81. The Morgan fingerprint density at radius 2 is 1.61 bits per heavy atom. The number of aromatic nitrogens is 3. The van der Waals surface area contributed by atoms with Gasteiger partial charge >= 0.3 is 5.97 Å². The van der Waals surface area contributed by atoms with E-state index < -0.39 is 5.97 Å². The third-order valence-electron chi connectivity index (χ3n) is 5.49. The summed E-state index contributed by atoms with van der Waals surface area (Å²) in [5.41, 5.74) is 10.3. The van der Waals surface area contributed by atoms with Crippen molar-refractivity contribution in [2.45, 2.75) is 52.2 Å². The van der Waals surface area contributed by atoms with Crippen molar-refractivity contribution in [2.24, 2.45) is 0 Å². The third-order valence-corrected chi connectivity index (χ3v) is 5.49. The molecule has 4 aromatic rings. The number of ether oxygens (including phenoxy) is 1. The van der Waals surface area contributed by atoms with Gasteiger partial charge in [0.2, 0.25) is 0 Å². The molecule has 0 unspecified atom stereocenters. The molecule has 0 radical (unpaired) electrons. The third kappa shape index (κ3) is 4.53. The Labute approximate surface area is 182 Å². The van der Waals surface area contributed by atoms with Gasteiger partial charge in [-0.3, -0.25) is 0 Å². The molecular weight excluding hydrogens is 388 g/mol. The van der Waals surface area contributed by atoms with Gasteiger partial charge in [-0.1, -0.05) is 75.1 Å². The molecule has 0 spiro atoms. The highest BCUT2D eigenvalue weighted by Crippen LogP contribution is 2.29. The number of carbonyl (C=O) groups excluding carboxylic acids is 1. The van der Waals surface area contributed by atoms with Crippen LogP contribution < -0.4 is 5.73 Å². The number of hydrogen-bond donors (Lipinski definition) is 1. The second-order valence-corrected chi connectivity index (χ2v) is 7.77. The van der Waals surface area contributed by atoms with Crippen LogP contribution in [0.5, 0.6) is 0 Å². The van der Waals surface area contributed by atoms with E-state index in [0.29, 0.717) is 29.1 Å². The van der Waals surface area contributed by atoms with Crippen LogP contribution >= 0.6 is 0 Å². The van der Waals surface area contributed by atoms with E-state index in [4.69, 9.17) is 20.4 Å². The number of fused-ring (bicyclic) bond motifs is 2. The molecule has 0 aliphatic rings. The number of para-hydroxylation sites is 2. The number of unbranched alkanes of at least 4 members (excludes halogenated alkanes) is 4. The van der Waals surface area contributed by atoms with Gasteiger partial charge in [0.25, 0.3) is 0 Å². The van der Waals surface area contributed by atoms with Crippen molar-refractivity contribution in [1.29, 1.82) is 0 Å². The molecule has 2 heterocycles. The summed E-state index contributed by atoms with van der Waals surface area (Å²) in [6, 6.07) is 17.2. The molecule has 6 heteroatoms. The van der Waals surface area contributed by atoms with Gasteiger partial charge in [-0.2, -0.15) is 0 Å². The Morgan fingerprint density at radius 3 is 2.35 bits per heavy atom. The van der Waals surface area contributed by atoms with Crippen molar-refractivity contribution in [2.75, 3.05) is 5.73 Å². The van der Waals surface area contributed by atoms with Crippen LogP contribution in [0.25, 0.3) is 22.2 Å². The lowest BCUT2D eigenvalue weighted by molar-refractivity contribution is 0.0476.